The number of primary sulfonamides is 1. The quantitative estimate of drug-likeness (QED) is 0.630. The number of anilines is 2. The van der Waals surface area contributed by atoms with Gasteiger partial charge in [-0.05, 0) is 43.2 Å². The van der Waals surface area contributed by atoms with Crippen molar-refractivity contribution in [2.24, 2.45) is 5.14 Å². The molecule has 2 aromatic carbocycles. The van der Waals surface area contributed by atoms with Crippen molar-refractivity contribution >= 4 is 39.2 Å². The van der Waals surface area contributed by atoms with Crippen LogP contribution < -0.4 is 20.1 Å². The lowest BCUT2D eigenvalue weighted by molar-refractivity contribution is -0.129. The molecule has 0 unspecified atom stereocenters. The van der Waals surface area contributed by atoms with E-state index in [1.807, 2.05) is 0 Å². The predicted molar refractivity (Wildman–Crippen MR) is 118 cm³/mol. The maximum atomic E-state index is 13.3. The standard InChI is InChI=1S/C22H23N3O7S/c1-31-17-9-8-14(12-18(17)33(23,29)30)20(27)32-13-19(26)25-16-7-3-2-6-15(16)24-21(28)22(25)10-4-5-11-22/h2-3,6-9,12H,4-5,10-11,13H2,1H3,(H,24,28)(H2,23,29,30). The van der Waals surface area contributed by atoms with E-state index in [2.05, 4.69) is 5.32 Å². The number of hydrogen-bond acceptors (Lipinski definition) is 7. The highest BCUT2D eigenvalue weighted by atomic mass is 32.2. The summed E-state index contributed by atoms with van der Waals surface area (Å²) < 4.78 is 33.8. The molecule has 4 rings (SSSR count). The number of nitrogens with zero attached hydrogens (tertiary/aromatic N) is 1. The Kier molecular flexibility index (Phi) is 5.85. The molecule has 3 N–H and O–H groups in total. The first kappa shape index (κ1) is 22.7. The summed E-state index contributed by atoms with van der Waals surface area (Å²) in [6.45, 7) is -0.626. The number of hydrogen-bond donors (Lipinski definition) is 2. The molecule has 2 amide bonds. The average Bonchev–Trinajstić information content (AvgIpc) is 3.27. The Labute approximate surface area is 190 Å². The summed E-state index contributed by atoms with van der Waals surface area (Å²) in [5, 5.41) is 8.07. The van der Waals surface area contributed by atoms with Crippen LogP contribution in [0, 0.1) is 0 Å². The van der Waals surface area contributed by atoms with E-state index in [0.717, 1.165) is 18.9 Å². The summed E-state index contributed by atoms with van der Waals surface area (Å²) in [5.41, 5.74) is -0.0904. The number of methoxy groups -OCH3 is 1. The van der Waals surface area contributed by atoms with E-state index in [4.69, 9.17) is 14.6 Å². The lowest BCUT2D eigenvalue weighted by Gasteiger charge is -2.44. The number of carbonyl (C=O) groups is 3. The van der Waals surface area contributed by atoms with Crippen LogP contribution >= 0.6 is 0 Å². The lowest BCUT2D eigenvalue weighted by Crippen LogP contribution is -2.61. The second kappa shape index (κ2) is 8.49. The molecule has 1 heterocycles. The molecule has 0 aromatic heterocycles. The van der Waals surface area contributed by atoms with Gasteiger partial charge in [0.05, 0.1) is 24.0 Å². The number of benzene rings is 2. The number of para-hydroxylation sites is 2. The fourth-order valence-corrected chi connectivity index (χ4v) is 5.15. The third kappa shape index (κ3) is 4.05. The van der Waals surface area contributed by atoms with Gasteiger partial charge in [0.15, 0.2) is 6.61 Å². The van der Waals surface area contributed by atoms with Gasteiger partial charge in [-0.1, -0.05) is 25.0 Å². The van der Waals surface area contributed by atoms with Gasteiger partial charge < -0.3 is 14.8 Å². The average molecular weight is 474 g/mol. The fourth-order valence-electron chi connectivity index (χ4n) is 4.43. The number of nitrogens with one attached hydrogen (secondary N) is 1. The van der Waals surface area contributed by atoms with Crippen molar-refractivity contribution in [3.63, 3.8) is 0 Å². The Hall–Kier alpha value is -3.44. The van der Waals surface area contributed by atoms with E-state index < -0.39 is 34.0 Å². The van der Waals surface area contributed by atoms with Crippen LogP contribution in [0.5, 0.6) is 5.75 Å². The first-order valence-corrected chi connectivity index (χ1v) is 11.8. The minimum absolute atomic E-state index is 0.0239. The van der Waals surface area contributed by atoms with Crippen molar-refractivity contribution in [3.05, 3.63) is 48.0 Å². The van der Waals surface area contributed by atoms with Crippen molar-refractivity contribution in [1.29, 1.82) is 0 Å². The summed E-state index contributed by atoms with van der Waals surface area (Å²) in [4.78, 5) is 39.9. The minimum atomic E-state index is -4.16. The summed E-state index contributed by atoms with van der Waals surface area (Å²) in [6, 6.07) is 10.6. The van der Waals surface area contributed by atoms with Gasteiger partial charge in [-0.25, -0.2) is 18.4 Å². The number of sulfonamides is 1. The largest absolute Gasteiger partial charge is 0.495 e. The molecule has 11 heteroatoms. The molecule has 33 heavy (non-hydrogen) atoms. The zero-order chi connectivity index (χ0) is 23.8. The van der Waals surface area contributed by atoms with Gasteiger partial charge >= 0.3 is 5.97 Å². The summed E-state index contributed by atoms with van der Waals surface area (Å²) in [6.07, 6.45) is 2.59. The van der Waals surface area contributed by atoms with Gasteiger partial charge in [0.25, 0.3) is 11.8 Å². The van der Waals surface area contributed by atoms with Crippen molar-refractivity contribution in [2.75, 3.05) is 23.9 Å². The number of rotatable bonds is 5. The Morgan fingerprint density at radius 1 is 1.15 bits per heavy atom. The Bertz CT molecular complexity index is 1240. The van der Waals surface area contributed by atoms with Gasteiger partial charge in [0.1, 0.15) is 16.2 Å². The first-order chi connectivity index (χ1) is 15.7. The van der Waals surface area contributed by atoms with Crippen LogP contribution in [0.25, 0.3) is 0 Å². The number of esters is 1. The number of fused-ring (bicyclic) bond motifs is 1. The van der Waals surface area contributed by atoms with Crippen molar-refractivity contribution in [2.45, 2.75) is 36.1 Å². The molecule has 0 atom stereocenters. The van der Waals surface area contributed by atoms with E-state index in [1.165, 1.54) is 24.1 Å². The number of ether oxygens (including phenoxy) is 2. The Balaban J connectivity index is 1.58. The van der Waals surface area contributed by atoms with Gasteiger partial charge in [0.2, 0.25) is 10.0 Å². The zero-order valence-electron chi connectivity index (χ0n) is 17.9. The fraction of sp³-hybridized carbons (Fsp3) is 0.318. The molecule has 0 radical (unpaired) electrons. The number of nitrogens with two attached hydrogens (primary N) is 1. The summed E-state index contributed by atoms with van der Waals surface area (Å²) >= 11 is 0. The summed E-state index contributed by atoms with van der Waals surface area (Å²) in [5.74, 6) is -1.74. The monoisotopic (exact) mass is 473 g/mol. The van der Waals surface area contributed by atoms with E-state index in [0.29, 0.717) is 24.2 Å². The van der Waals surface area contributed by atoms with Crippen LogP contribution in [0.3, 0.4) is 0 Å². The molecule has 1 spiro atoms. The predicted octanol–water partition coefficient (Wildman–Crippen LogP) is 1.80. The van der Waals surface area contributed by atoms with Gasteiger partial charge in [-0.3, -0.25) is 14.5 Å². The molecule has 10 nitrogen and oxygen atoms in total. The van der Waals surface area contributed by atoms with Gasteiger partial charge in [0, 0.05) is 0 Å². The van der Waals surface area contributed by atoms with Crippen LogP contribution in [0.1, 0.15) is 36.0 Å². The maximum Gasteiger partial charge on any atom is 0.338 e. The van der Waals surface area contributed by atoms with E-state index in [1.54, 1.807) is 24.3 Å². The highest BCUT2D eigenvalue weighted by Crippen LogP contribution is 2.45. The topological polar surface area (TPSA) is 145 Å². The SMILES string of the molecule is COc1ccc(C(=O)OCC(=O)N2c3ccccc3NC(=O)C23CCCC3)cc1S(N)(=O)=O. The molecule has 2 aliphatic rings. The molecule has 1 saturated carbocycles. The molecule has 0 bridgehead atoms. The molecule has 0 saturated heterocycles. The normalized spacial score (nSPS) is 16.8. The molecule has 1 aliphatic heterocycles. The zero-order valence-corrected chi connectivity index (χ0v) is 18.7. The highest BCUT2D eigenvalue weighted by molar-refractivity contribution is 7.89. The van der Waals surface area contributed by atoms with Crippen LogP contribution in [0.4, 0.5) is 11.4 Å². The second-order valence-corrected chi connectivity index (χ2v) is 9.46. The molecular weight excluding hydrogens is 450 g/mol. The molecule has 174 valence electrons. The minimum Gasteiger partial charge on any atom is -0.495 e. The summed E-state index contributed by atoms with van der Waals surface area (Å²) in [7, 11) is -2.89. The van der Waals surface area contributed by atoms with Crippen LogP contribution in [-0.2, 0) is 24.3 Å². The third-order valence-corrected chi connectivity index (χ3v) is 6.89. The highest BCUT2D eigenvalue weighted by Gasteiger charge is 2.52. The van der Waals surface area contributed by atoms with Crippen molar-refractivity contribution in [1.82, 2.24) is 0 Å². The van der Waals surface area contributed by atoms with Gasteiger partial charge in [-0.2, -0.15) is 0 Å². The smallest absolute Gasteiger partial charge is 0.338 e. The van der Waals surface area contributed by atoms with Crippen LogP contribution in [-0.4, -0.2) is 45.5 Å². The number of carbonyl (C=O) groups excluding carboxylic acids is 3. The van der Waals surface area contributed by atoms with Crippen molar-refractivity contribution in [3.8, 4) is 5.75 Å². The van der Waals surface area contributed by atoms with Crippen molar-refractivity contribution < 1.29 is 32.3 Å². The molecule has 1 aliphatic carbocycles. The van der Waals surface area contributed by atoms with Crippen LogP contribution in [0.15, 0.2) is 47.4 Å². The van der Waals surface area contributed by atoms with Crippen LogP contribution in [0.2, 0.25) is 0 Å². The molecule has 1 fully saturated rings. The third-order valence-electron chi connectivity index (χ3n) is 5.96. The van der Waals surface area contributed by atoms with Gasteiger partial charge in [-0.15, -0.1) is 0 Å². The Morgan fingerprint density at radius 2 is 1.85 bits per heavy atom. The maximum absolute atomic E-state index is 13.3. The van der Waals surface area contributed by atoms with E-state index in [9.17, 15) is 22.8 Å². The van der Waals surface area contributed by atoms with E-state index in [-0.39, 0.29) is 22.1 Å². The van der Waals surface area contributed by atoms with E-state index >= 15 is 0 Å². The lowest BCUT2D eigenvalue weighted by atomic mass is 9.90. The number of amides is 2. The Morgan fingerprint density at radius 3 is 2.52 bits per heavy atom. The second-order valence-electron chi connectivity index (χ2n) is 7.93. The molecular formula is C22H23N3O7S. The molecule has 2 aromatic rings. The first-order valence-electron chi connectivity index (χ1n) is 10.3.